The summed E-state index contributed by atoms with van der Waals surface area (Å²) in [5.41, 5.74) is 8.33. The number of nitrogens with zero attached hydrogens (tertiary/aromatic N) is 7. The number of imidazole rings is 1. The van der Waals surface area contributed by atoms with E-state index in [0.717, 1.165) is 48.5 Å². The second-order valence-electron chi connectivity index (χ2n) is 13.1. The summed E-state index contributed by atoms with van der Waals surface area (Å²) in [4.78, 5) is 29.6. The van der Waals surface area contributed by atoms with Crippen LogP contribution in [0.2, 0.25) is 0 Å². The number of methoxy groups -OCH3 is 1. The zero-order valence-electron chi connectivity index (χ0n) is 29.1. The van der Waals surface area contributed by atoms with E-state index in [-0.39, 0.29) is 12.1 Å². The topological polar surface area (TPSA) is 150 Å². The van der Waals surface area contributed by atoms with Crippen molar-refractivity contribution < 1.29 is 9.53 Å². The number of aromatic nitrogens is 4. The predicted molar refractivity (Wildman–Crippen MR) is 186 cm³/mol. The van der Waals surface area contributed by atoms with Crippen LogP contribution in [0.25, 0.3) is 5.69 Å². The minimum atomic E-state index is -0.536. The Bertz CT molecular complexity index is 1510. The summed E-state index contributed by atoms with van der Waals surface area (Å²) in [5.74, 6) is 3.07. The molecule has 47 heavy (non-hydrogen) atoms. The third-order valence-electron chi connectivity index (χ3n) is 9.14. The molecule has 12 nitrogen and oxygen atoms in total. The Morgan fingerprint density at radius 2 is 1.81 bits per heavy atom. The van der Waals surface area contributed by atoms with Crippen LogP contribution < -0.4 is 26.0 Å². The van der Waals surface area contributed by atoms with Gasteiger partial charge in [-0.1, -0.05) is 46.5 Å². The van der Waals surface area contributed by atoms with E-state index in [1.807, 2.05) is 4.57 Å². The standard InChI is InChI=1S/C22H24N8O2.C8H16.C5H12N2/c1-5-16-19-15(9-23)26-11-29(19)17-10-25-22(28-21(17)30(16)12(2)3)27-14-7-6-13(20(24)31)8-18(14)32-4;1-7-3-5-8(2)6-4-7;1-7-4-2-6-3-5-7/h6-8,10-12,16H,5H2,1-4H3,(H2,24,31)(H,25,27,28);7-8H,3-6H2,1-2H3;6H,2-5H2,1H3. The Kier molecular flexibility index (Phi) is 12.6. The van der Waals surface area contributed by atoms with Crippen molar-refractivity contribution in [1.82, 2.24) is 29.7 Å². The number of piperazine rings is 1. The van der Waals surface area contributed by atoms with Crippen molar-refractivity contribution in [3.63, 3.8) is 0 Å². The zero-order valence-corrected chi connectivity index (χ0v) is 29.1. The fourth-order valence-electron chi connectivity index (χ4n) is 6.29. The smallest absolute Gasteiger partial charge is 0.248 e. The Morgan fingerprint density at radius 1 is 1.15 bits per heavy atom. The Labute approximate surface area is 279 Å². The molecule has 4 N–H and O–H groups in total. The lowest BCUT2D eigenvalue weighted by Gasteiger charge is -2.40. The molecular weight excluding hydrogens is 592 g/mol. The first kappa shape index (κ1) is 35.6. The molecule has 6 rings (SSSR count). The van der Waals surface area contributed by atoms with Crippen LogP contribution in [0.1, 0.15) is 94.5 Å². The minimum Gasteiger partial charge on any atom is -0.495 e. The number of nitrogens with two attached hydrogens (primary N) is 1. The highest BCUT2D eigenvalue weighted by Gasteiger charge is 2.36. The molecule has 0 radical (unpaired) electrons. The molecule has 2 fully saturated rings. The molecule has 12 heteroatoms. The van der Waals surface area contributed by atoms with Gasteiger partial charge in [-0.15, -0.1) is 0 Å². The van der Waals surface area contributed by atoms with E-state index in [9.17, 15) is 10.1 Å². The van der Waals surface area contributed by atoms with Gasteiger partial charge in [-0.3, -0.25) is 9.36 Å². The summed E-state index contributed by atoms with van der Waals surface area (Å²) >= 11 is 0. The number of primary amides is 1. The number of rotatable bonds is 6. The van der Waals surface area contributed by atoms with Gasteiger partial charge in [0.25, 0.3) is 0 Å². The van der Waals surface area contributed by atoms with E-state index in [0.29, 0.717) is 28.6 Å². The van der Waals surface area contributed by atoms with Gasteiger partial charge in [0.1, 0.15) is 23.8 Å². The first-order chi connectivity index (χ1) is 22.6. The fraction of sp³-hybridized carbons (Fsp3) is 0.571. The van der Waals surface area contributed by atoms with Crippen molar-refractivity contribution in [2.45, 2.75) is 78.8 Å². The number of nitrogens with one attached hydrogen (secondary N) is 2. The van der Waals surface area contributed by atoms with E-state index in [1.165, 1.54) is 45.9 Å². The minimum absolute atomic E-state index is 0.0493. The largest absolute Gasteiger partial charge is 0.495 e. The van der Waals surface area contributed by atoms with Gasteiger partial charge in [0.15, 0.2) is 11.5 Å². The van der Waals surface area contributed by atoms with Gasteiger partial charge >= 0.3 is 0 Å². The molecule has 4 heterocycles. The summed E-state index contributed by atoms with van der Waals surface area (Å²) in [6.45, 7) is 15.7. The molecule has 1 amide bonds. The fourth-order valence-corrected chi connectivity index (χ4v) is 6.29. The SMILES string of the molecule is CC1CCC(C)CC1.CCC1c2c(C#N)ncn2-c2cnc(Nc3ccc(C(N)=O)cc3OC)nc2N1C(C)C.CN1CCNCC1. The third kappa shape index (κ3) is 8.78. The number of nitriles is 1. The average molecular weight is 645 g/mol. The lowest BCUT2D eigenvalue weighted by Crippen LogP contribution is -2.40. The summed E-state index contributed by atoms with van der Waals surface area (Å²) in [7, 11) is 3.67. The van der Waals surface area contributed by atoms with E-state index >= 15 is 0 Å². The highest BCUT2D eigenvalue weighted by atomic mass is 16.5. The summed E-state index contributed by atoms with van der Waals surface area (Å²) in [5, 5.41) is 16.0. The van der Waals surface area contributed by atoms with Crippen molar-refractivity contribution in [2.75, 3.05) is 50.6 Å². The molecule has 1 aromatic carbocycles. The number of fused-ring (bicyclic) bond motifs is 3. The number of likely N-dealkylation sites (N-methyl/N-ethyl adjacent to an activating group) is 1. The molecule has 2 aromatic heterocycles. The predicted octanol–water partition coefficient (Wildman–Crippen LogP) is 5.42. The Hall–Kier alpha value is -4.21. The van der Waals surface area contributed by atoms with Crippen molar-refractivity contribution in [2.24, 2.45) is 17.6 Å². The first-order valence-electron chi connectivity index (χ1n) is 16.8. The van der Waals surface area contributed by atoms with Crippen LogP contribution in [-0.4, -0.2) is 76.7 Å². The number of carbonyl (C=O) groups is 1. The van der Waals surface area contributed by atoms with Crippen molar-refractivity contribution in [3.05, 3.63) is 47.7 Å². The molecule has 1 unspecified atom stereocenters. The van der Waals surface area contributed by atoms with Crippen molar-refractivity contribution in [1.29, 1.82) is 5.26 Å². The van der Waals surface area contributed by atoms with Gasteiger partial charge in [-0.05, 0) is 57.4 Å². The van der Waals surface area contributed by atoms with Crippen LogP contribution in [-0.2, 0) is 0 Å². The van der Waals surface area contributed by atoms with E-state index in [4.69, 9.17) is 15.5 Å². The molecular formula is C35H52N10O2. The van der Waals surface area contributed by atoms with Crippen molar-refractivity contribution in [3.8, 4) is 17.5 Å². The van der Waals surface area contributed by atoms with E-state index in [2.05, 4.69) is 78.1 Å². The summed E-state index contributed by atoms with van der Waals surface area (Å²) in [6.07, 6.45) is 10.0. The van der Waals surface area contributed by atoms with E-state index in [1.54, 1.807) is 30.7 Å². The van der Waals surface area contributed by atoms with Gasteiger partial charge in [0.2, 0.25) is 11.9 Å². The maximum Gasteiger partial charge on any atom is 0.248 e. The molecule has 2 aliphatic heterocycles. The summed E-state index contributed by atoms with van der Waals surface area (Å²) < 4.78 is 7.29. The monoisotopic (exact) mass is 644 g/mol. The summed E-state index contributed by atoms with van der Waals surface area (Å²) in [6, 6.07) is 7.15. The second kappa shape index (κ2) is 16.6. The lowest BCUT2D eigenvalue weighted by molar-refractivity contribution is 0.1000. The first-order valence-corrected chi connectivity index (χ1v) is 16.8. The molecule has 3 aromatic rings. The normalized spacial score (nSPS) is 20.4. The molecule has 1 saturated heterocycles. The van der Waals surface area contributed by atoms with E-state index < -0.39 is 5.91 Å². The zero-order chi connectivity index (χ0) is 34.1. The van der Waals surface area contributed by atoms with Crippen LogP contribution in [0, 0.1) is 23.2 Å². The maximum atomic E-state index is 11.5. The van der Waals surface area contributed by atoms with Crippen molar-refractivity contribution >= 4 is 23.4 Å². The highest BCUT2D eigenvalue weighted by Crippen LogP contribution is 2.42. The molecule has 0 spiro atoms. The molecule has 1 atom stereocenters. The number of carbonyl (C=O) groups excluding carboxylic acids is 1. The van der Waals surface area contributed by atoms with Crippen LogP contribution in [0.15, 0.2) is 30.7 Å². The third-order valence-corrected chi connectivity index (χ3v) is 9.14. The van der Waals surface area contributed by atoms with Gasteiger partial charge in [0, 0.05) is 37.8 Å². The molecule has 1 saturated carbocycles. The molecule has 254 valence electrons. The quantitative estimate of drug-likeness (QED) is 0.317. The van der Waals surface area contributed by atoms with Crippen LogP contribution in [0.5, 0.6) is 5.75 Å². The number of hydrogen-bond acceptors (Lipinski definition) is 10. The molecule has 3 aliphatic rings. The lowest BCUT2D eigenvalue weighted by atomic mass is 9.84. The number of amides is 1. The average Bonchev–Trinajstić information content (AvgIpc) is 3.50. The van der Waals surface area contributed by atoms with Crippen LogP contribution >= 0.6 is 0 Å². The molecule has 1 aliphatic carbocycles. The maximum absolute atomic E-state index is 11.5. The van der Waals surface area contributed by atoms with Gasteiger partial charge in [0.05, 0.1) is 30.7 Å². The number of benzene rings is 1. The Balaban J connectivity index is 0.000000271. The number of hydrogen-bond donors (Lipinski definition) is 3. The van der Waals surface area contributed by atoms with Crippen LogP contribution in [0.3, 0.4) is 0 Å². The Morgan fingerprint density at radius 3 is 2.32 bits per heavy atom. The highest BCUT2D eigenvalue weighted by molar-refractivity contribution is 5.94. The number of anilines is 3. The van der Waals surface area contributed by atoms with Crippen LogP contribution in [0.4, 0.5) is 17.5 Å². The van der Waals surface area contributed by atoms with Gasteiger partial charge in [-0.25, -0.2) is 9.97 Å². The van der Waals surface area contributed by atoms with Gasteiger partial charge < -0.3 is 30.9 Å². The second-order valence-corrected chi connectivity index (χ2v) is 13.1. The van der Waals surface area contributed by atoms with Gasteiger partial charge in [-0.2, -0.15) is 10.2 Å². The molecule has 0 bridgehead atoms. The number of ether oxygens (including phenoxy) is 1.